The van der Waals surface area contributed by atoms with Crippen LogP contribution in [-0.2, 0) is 14.8 Å². The molecular formula is C17H26N2O4S. The molecule has 6 nitrogen and oxygen atoms in total. The summed E-state index contributed by atoms with van der Waals surface area (Å²) in [6.07, 6.45) is 1.41. The minimum Gasteiger partial charge on any atom is -0.381 e. The maximum atomic E-state index is 12.1. The van der Waals surface area contributed by atoms with E-state index in [9.17, 15) is 13.2 Å². The van der Waals surface area contributed by atoms with Gasteiger partial charge in [0.15, 0.2) is 0 Å². The number of nitrogens with one attached hydrogen (secondary N) is 1. The molecule has 0 saturated carbocycles. The highest BCUT2D eigenvalue weighted by Crippen LogP contribution is 2.24. The maximum Gasteiger partial charge on any atom is 0.251 e. The molecule has 0 atom stereocenters. The fraction of sp³-hybridized carbons (Fsp3) is 0.588. The number of anilines is 1. The highest BCUT2D eigenvalue weighted by molar-refractivity contribution is 7.93. The van der Waals surface area contributed by atoms with Crippen LogP contribution in [0.5, 0.6) is 0 Å². The van der Waals surface area contributed by atoms with Gasteiger partial charge in [0, 0.05) is 31.9 Å². The predicted molar refractivity (Wildman–Crippen MR) is 94.8 cm³/mol. The smallest absolute Gasteiger partial charge is 0.251 e. The molecular weight excluding hydrogens is 328 g/mol. The van der Waals surface area contributed by atoms with Gasteiger partial charge >= 0.3 is 0 Å². The maximum absolute atomic E-state index is 12.1. The lowest BCUT2D eigenvalue weighted by molar-refractivity contribution is 0.0925. The van der Waals surface area contributed by atoms with Gasteiger partial charge in [0.1, 0.15) is 0 Å². The van der Waals surface area contributed by atoms with Gasteiger partial charge in [-0.3, -0.25) is 9.10 Å². The van der Waals surface area contributed by atoms with Gasteiger partial charge < -0.3 is 10.1 Å². The molecule has 0 aromatic heterocycles. The molecule has 1 aromatic carbocycles. The van der Waals surface area contributed by atoms with E-state index in [2.05, 4.69) is 19.2 Å². The number of ether oxygens (including phenoxy) is 1. The van der Waals surface area contributed by atoms with E-state index in [4.69, 9.17) is 4.74 Å². The zero-order valence-electron chi connectivity index (χ0n) is 14.3. The molecule has 1 amide bonds. The van der Waals surface area contributed by atoms with Crippen molar-refractivity contribution >= 4 is 21.6 Å². The molecule has 134 valence electrons. The number of amides is 1. The number of carbonyl (C=O) groups excluding carboxylic acids is 1. The SMILES string of the molecule is CC(C)COCCCNC(=O)c1ccc(N2CCCS2(=O)=O)cc1. The molecule has 0 radical (unpaired) electrons. The normalized spacial score (nSPS) is 16.5. The van der Waals surface area contributed by atoms with E-state index in [1.54, 1.807) is 24.3 Å². The molecule has 7 heteroatoms. The van der Waals surface area contributed by atoms with Crippen molar-refractivity contribution in [3.8, 4) is 0 Å². The van der Waals surface area contributed by atoms with Gasteiger partial charge in [0.2, 0.25) is 10.0 Å². The Bertz CT molecular complexity index is 641. The molecule has 2 rings (SSSR count). The summed E-state index contributed by atoms with van der Waals surface area (Å²) < 4.78 is 30.6. The molecule has 1 N–H and O–H groups in total. The van der Waals surface area contributed by atoms with Crippen molar-refractivity contribution in [2.45, 2.75) is 26.7 Å². The van der Waals surface area contributed by atoms with Crippen LogP contribution in [0.15, 0.2) is 24.3 Å². The number of hydrogen-bond acceptors (Lipinski definition) is 4. The van der Waals surface area contributed by atoms with E-state index >= 15 is 0 Å². The molecule has 0 spiro atoms. The first-order valence-corrected chi connectivity index (χ1v) is 9.97. The molecule has 0 aliphatic carbocycles. The molecule has 1 aliphatic rings. The lowest BCUT2D eigenvalue weighted by Crippen LogP contribution is -2.26. The molecule has 0 bridgehead atoms. The van der Waals surface area contributed by atoms with Gasteiger partial charge in [-0.05, 0) is 43.0 Å². The van der Waals surface area contributed by atoms with Crippen LogP contribution < -0.4 is 9.62 Å². The molecule has 1 aliphatic heterocycles. The van der Waals surface area contributed by atoms with Crippen LogP contribution >= 0.6 is 0 Å². The summed E-state index contributed by atoms with van der Waals surface area (Å²) in [4.78, 5) is 12.1. The van der Waals surface area contributed by atoms with E-state index in [0.29, 0.717) is 43.3 Å². The van der Waals surface area contributed by atoms with Crippen molar-refractivity contribution in [2.75, 3.05) is 36.4 Å². The highest BCUT2D eigenvalue weighted by Gasteiger charge is 2.28. The average molecular weight is 354 g/mol. The van der Waals surface area contributed by atoms with Crippen molar-refractivity contribution in [3.05, 3.63) is 29.8 Å². The molecule has 1 heterocycles. The summed E-state index contributed by atoms with van der Waals surface area (Å²) in [6, 6.07) is 6.69. The first-order chi connectivity index (χ1) is 11.4. The minimum absolute atomic E-state index is 0.158. The highest BCUT2D eigenvalue weighted by atomic mass is 32.2. The Kier molecular flexibility index (Phi) is 6.62. The van der Waals surface area contributed by atoms with Crippen molar-refractivity contribution in [3.63, 3.8) is 0 Å². The van der Waals surface area contributed by atoms with Gasteiger partial charge in [-0.2, -0.15) is 0 Å². The zero-order valence-corrected chi connectivity index (χ0v) is 15.1. The Hall–Kier alpha value is -1.60. The van der Waals surface area contributed by atoms with Crippen molar-refractivity contribution in [1.29, 1.82) is 0 Å². The molecule has 0 unspecified atom stereocenters. The predicted octanol–water partition coefficient (Wildman–Crippen LogP) is 2.02. The number of carbonyl (C=O) groups is 1. The van der Waals surface area contributed by atoms with Gasteiger partial charge in [-0.1, -0.05) is 13.8 Å². The van der Waals surface area contributed by atoms with Gasteiger partial charge in [0.25, 0.3) is 5.91 Å². The summed E-state index contributed by atoms with van der Waals surface area (Å²) >= 11 is 0. The van der Waals surface area contributed by atoms with Crippen LogP contribution in [0.2, 0.25) is 0 Å². The largest absolute Gasteiger partial charge is 0.381 e. The van der Waals surface area contributed by atoms with Gasteiger partial charge in [-0.15, -0.1) is 0 Å². The molecule has 24 heavy (non-hydrogen) atoms. The summed E-state index contributed by atoms with van der Waals surface area (Å²) in [6.45, 7) is 6.61. The quantitative estimate of drug-likeness (QED) is 0.725. The van der Waals surface area contributed by atoms with E-state index in [1.807, 2.05) is 0 Å². The monoisotopic (exact) mass is 354 g/mol. The van der Waals surface area contributed by atoms with Crippen molar-refractivity contribution in [2.24, 2.45) is 5.92 Å². The van der Waals surface area contributed by atoms with Crippen molar-refractivity contribution < 1.29 is 17.9 Å². The average Bonchev–Trinajstić information content (AvgIpc) is 2.89. The minimum atomic E-state index is -3.18. The van der Waals surface area contributed by atoms with Crippen LogP contribution in [0.4, 0.5) is 5.69 Å². The van der Waals surface area contributed by atoms with E-state index in [0.717, 1.165) is 13.0 Å². The topological polar surface area (TPSA) is 75.7 Å². The first kappa shape index (κ1) is 18.7. The molecule has 1 fully saturated rings. The first-order valence-electron chi connectivity index (χ1n) is 8.36. The van der Waals surface area contributed by atoms with Crippen LogP contribution in [0.1, 0.15) is 37.0 Å². The second kappa shape index (κ2) is 8.48. The molecule has 1 saturated heterocycles. The summed E-state index contributed by atoms with van der Waals surface area (Å²) in [5, 5.41) is 2.84. The van der Waals surface area contributed by atoms with Crippen LogP contribution in [0.25, 0.3) is 0 Å². The van der Waals surface area contributed by atoms with E-state index < -0.39 is 10.0 Å². The number of benzene rings is 1. The second-order valence-corrected chi connectivity index (χ2v) is 8.38. The Labute approximate surface area is 144 Å². The lowest BCUT2D eigenvalue weighted by Gasteiger charge is -2.17. The Morgan fingerprint density at radius 1 is 1.29 bits per heavy atom. The molecule has 1 aromatic rings. The second-order valence-electron chi connectivity index (χ2n) is 6.37. The van der Waals surface area contributed by atoms with Crippen molar-refractivity contribution in [1.82, 2.24) is 5.32 Å². The van der Waals surface area contributed by atoms with E-state index in [-0.39, 0.29) is 11.7 Å². The van der Waals surface area contributed by atoms with Crippen LogP contribution in [-0.4, -0.2) is 46.4 Å². The summed E-state index contributed by atoms with van der Waals surface area (Å²) in [5.41, 5.74) is 1.14. The Morgan fingerprint density at radius 2 is 2.00 bits per heavy atom. The third-order valence-corrected chi connectivity index (χ3v) is 5.59. The summed E-state index contributed by atoms with van der Waals surface area (Å²) in [5.74, 6) is 0.543. The lowest BCUT2D eigenvalue weighted by atomic mass is 10.2. The Balaban J connectivity index is 1.79. The number of sulfonamides is 1. The van der Waals surface area contributed by atoms with E-state index in [1.165, 1.54) is 4.31 Å². The summed E-state index contributed by atoms with van der Waals surface area (Å²) in [7, 11) is -3.18. The number of rotatable bonds is 8. The van der Waals surface area contributed by atoms with Gasteiger partial charge in [0.05, 0.1) is 11.4 Å². The third kappa shape index (κ3) is 5.21. The van der Waals surface area contributed by atoms with Crippen LogP contribution in [0.3, 0.4) is 0 Å². The third-order valence-electron chi connectivity index (χ3n) is 3.72. The standard InChI is InChI=1S/C17H26N2O4S/c1-14(2)13-23-11-3-9-18-17(20)15-5-7-16(8-6-15)19-10-4-12-24(19,21)22/h5-8,14H,3-4,9-13H2,1-2H3,(H,18,20). The Morgan fingerprint density at radius 3 is 2.58 bits per heavy atom. The van der Waals surface area contributed by atoms with Gasteiger partial charge in [-0.25, -0.2) is 8.42 Å². The van der Waals surface area contributed by atoms with Crippen LogP contribution in [0, 0.1) is 5.92 Å². The fourth-order valence-electron chi connectivity index (χ4n) is 2.51. The number of nitrogens with zero attached hydrogens (tertiary/aromatic N) is 1. The fourth-order valence-corrected chi connectivity index (χ4v) is 4.07. The number of hydrogen-bond donors (Lipinski definition) is 1. The zero-order chi connectivity index (χ0) is 17.6.